The molecule has 0 bridgehead atoms. The van der Waals surface area contributed by atoms with E-state index < -0.39 is 0 Å². The van der Waals surface area contributed by atoms with Crippen LogP contribution in [0.25, 0.3) is 11.0 Å². The lowest BCUT2D eigenvalue weighted by Crippen LogP contribution is -2.20. The normalized spacial score (nSPS) is 13.1. The summed E-state index contributed by atoms with van der Waals surface area (Å²) in [6.45, 7) is 5.41. The van der Waals surface area contributed by atoms with Crippen LogP contribution < -0.4 is 5.32 Å². The number of nitrogens with zero attached hydrogens (tertiary/aromatic N) is 2. The van der Waals surface area contributed by atoms with Gasteiger partial charge in [0.2, 0.25) is 0 Å². The molecule has 1 atom stereocenters. The quantitative estimate of drug-likeness (QED) is 0.908. The Kier molecular flexibility index (Phi) is 4.40. The molecular weight excluding hydrogens is 290 g/mol. The third-order valence-electron chi connectivity index (χ3n) is 3.26. The number of benzene rings is 1. The zero-order chi connectivity index (χ0) is 13.1. The molecule has 0 spiro atoms. The zero-order valence-corrected chi connectivity index (χ0v) is 12.8. The number of imidazole rings is 1. The lowest BCUT2D eigenvalue weighted by molar-refractivity contribution is 0.508. The van der Waals surface area contributed by atoms with Gasteiger partial charge in [-0.25, -0.2) is 4.98 Å². The lowest BCUT2D eigenvalue weighted by atomic mass is 10.2. The number of aryl methyl sites for hydroxylation is 1. The van der Waals surface area contributed by atoms with E-state index in [9.17, 15) is 0 Å². The van der Waals surface area contributed by atoms with E-state index in [2.05, 4.69) is 57.9 Å². The summed E-state index contributed by atoms with van der Waals surface area (Å²) in [6.07, 6.45) is 2.17. The fraction of sp³-hybridized carbons (Fsp3) is 0.500. The molecule has 0 saturated carbocycles. The Hall–Kier alpha value is -0.870. The van der Waals surface area contributed by atoms with Crippen LogP contribution >= 0.6 is 15.9 Å². The van der Waals surface area contributed by atoms with Gasteiger partial charge in [-0.2, -0.15) is 0 Å². The van der Waals surface area contributed by atoms with Crippen molar-refractivity contribution < 1.29 is 0 Å². The molecule has 0 saturated heterocycles. The van der Waals surface area contributed by atoms with Gasteiger partial charge in [0, 0.05) is 11.0 Å². The SMILES string of the molecule is CCCn1c(C(CC)NC)nc2cc(Br)ccc21. The van der Waals surface area contributed by atoms with Gasteiger partial charge in [-0.1, -0.05) is 29.8 Å². The van der Waals surface area contributed by atoms with Crippen molar-refractivity contribution in [2.45, 2.75) is 39.3 Å². The highest BCUT2D eigenvalue weighted by atomic mass is 79.9. The molecule has 1 aromatic heterocycles. The molecule has 1 N–H and O–H groups in total. The van der Waals surface area contributed by atoms with Crippen LogP contribution in [-0.2, 0) is 6.54 Å². The monoisotopic (exact) mass is 309 g/mol. The van der Waals surface area contributed by atoms with Gasteiger partial charge >= 0.3 is 0 Å². The Labute approximate surface area is 117 Å². The maximum atomic E-state index is 4.80. The predicted molar refractivity (Wildman–Crippen MR) is 79.8 cm³/mol. The minimum absolute atomic E-state index is 0.322. The molecule has 1 heterocycles. The number of hydrogen-bond acceptors (Lipinski definition) is 2. The average molecular weight is 310 g/mol. The molecule has 4 heteroatoms. The Balaban J connectivity index is 2.59. The predicted octanol–water partition coefficient (Wildman–Crippen LogP) is 3.88. The van der Waals surface area contributed by atoms with Crippen molar-refractivity contribution in [3.05, 3.63) is 28.5 Å². The maximum absolute atomic E-state index is 4.80. The Morgan fingerprint density at radius 3 is 2.78 bits per heavy atom. The summed E-state index contributed by atoms with van der Waals surface area (Å²) in [5.74, 6) is 1.15. The summed E-state index contributed by atoms with van der Waals surface area (Å²) in [4.78, 5) is 4.80. The summed E-state index contributed by atoms with van der Waals surface area (Å²) >= 11 is 3.51. The lowest BCUT2D eigenvalue weighted by Gasteiger charge is -2.15. The van der Waals surface area contributed by atoms with Crippen LogP contribution in [0.1, 0.15) is 38.6 Å². The summed E-state index contributed by atoms with van der Waals surface area (Å²) < 4.78 is 3.42. The van der Waals surface area contributed by atoms with Gasteiger partial charge in [0.05, 0.1) is 17.1 Å². The van der Waals surface area contributed by atoms with E-state index in [1.165, 1.54) is 5.52 Å². The minimum atomic E-state index is 0.322. The average Bonchev–Trinajstić information content (AvgIpc) is 2.70. The van der Waals surface area contributed by atoms with Crippen molar-refractivity contribution in [2.75, 3.05) is 7.05 Å². The Bertz CT molecular complexity index is 529. The van der Waals surface area contributed by atoms with Gasteiger partial charge in [0.1, 0.15) is 5.82 Å². The van der Waals surface area contributed by atoms with E-state index in [-0.39, 0.29) is 0 Å². The third-order valence-corrected chi connectivity index (χ3v) is 3.75. The van der Waals surface area contributed by atoms with Crippen molar-refractivity contribution in [3.8, 4) is 0 Å². The van der Waals surface area contributed by atoms with Crippen molar-refractivity contribution in [3.63, 3.8) is 0 Å². The van der Waals surface area contributed by atoms with Gasteiger partial charge in [-0.3, -0.25) is 0 Å². The first-order chi connectivity index (χ1) is 8.71. The topological polar surface area (TPSA) is 29.9 Å². The highest BCUT2D eigenvalue weighted by Crippen LogP contribution is 2.25. The Morgan fingerprint density at radius 1 is 1.39 bits per heavy atom. The van der Waals surface area contributed by atoms with Crippen LogP contribution in [0.5, 0.6) is 0 Å². The summed E-state index contributed by atoms with van der Waals surface area (Å²) in [5.41, 5.74) is 2.30. The summed E-state index contributed by atoms with van der Waals surface area (Å²) in [7, 11) is 2.00. The van der Waals surface area contributed by atoms with Crippen LogP contribution in [0.2, 0.25) is 0 Å². The first-order valence-electron chi connectivity index (χ1n) is 6.54. The number of hydrogen-bond donors (Lipinski definition) is 1. The maximum Gasteiger partial charge on any atom is 0.127 e. The Morgan fingerprint density at radius 2 is 2.17 bits per heavy atom. The molecule has 2 aromatic rings. The van der Waals surface area contributed by atoms with E-state index in [1.807, 2.05) is 7.05 Å². The molecule has 0 radical (unpaired) electrons. The largest absolute Gasteiger partial charge is 0.327 e. The molecule has 3 nitrogen and oxygen atoms in total. The first-order valence-corrected chi connectivity index (χ1v) is 7.33. The second-order valence-electron chi connectivity index (χ2n) is 4.50. The fourth-order valence-electron chi connectivity index (χ4n) is 2.36. The summed E-state index contributed by atoms with van der Waals surface area (Å²) in [5, 5.41) is 3.35. The molecular formula is C14H20BrN3. The second-order valence-corrected chi connectivity index (χ2v) is 5.42. The standard InChI is InChI=1S/C14H20BrN3/c1-4-8-18-13-7-6-10(15)9-12(13)17-14(18)11(5-2)16-3/h6-7,9,11,16H,4-5,8H2,1-3H3. The molecule has 0 amide bonds. The zero-order valence-electron chi connectivity index (χ0n) is 11.2. The number of rotatable bonds is 5. The molecule has 0 aliphatic heterocycles. The number of aromatic nitrogens is 2. The van der Waals surface area contributed by atoms with Crippen LogP contribution in [0.15, 0.2) is 22.7 Å². The van der Waals surface area contributed by atoms with Crippen LogP contribution in [-0.4, -0.2) is 16.6 Å². The molecule has 2 rings (SSSR count). The smallest absolute Gasteiger partial charge is 0.127 e. The molecule has 1 aromatic carbocycles. The van der Waals surface area contributed by atoms with Gasteiger partial charge in [-0.15, -0.1) is 0 Å². The third kappa shape index (κ3) is 2.45. The molecule has 18 heavy (non-hydrogen) atoms. The molecule has 98 valence electrons. The number of fused-ring (bicyclic) bond motifs is 1. The highest BCUT2D eigenvalue weighted by molar-refractivity contribution is 9.10. The van der Waals surface area contributed by atoms with Crippen molar-refractivity contribution in [2.24, 2.45) is 0 Å². The number of halogens is 1. The second kappa shape index (κ2) is 5.85. The van der Waals surface area contributed by atoms with Crippen molar-refractivity contribution in [1.82, 2.24) is 14.9 Å². The van der Waals surface area contributed by atoms with Crippen molar-refractivity contribution >= 4 is 27.0 Å². The van der Waals surface area contributed by atoms with E-state index >= 15 is 0 Å². The first kappa shape index (κ1) is 13.6. The minimum Gasteiger partial charge on any atom is -0.327 e. The van der Waals surface area contributed by atoms with Crippen LogP contribution in [0, 0.1) is 0 Å². The highest BCUT2D eigenvalue weighted by Gasteiger charge is 2.17. The van der Waals surface area contributed by atoms with Gasteiger partial charge in [0.15, 0.2) is 0 Å². The van der Waals surface area contributed by atoms with E-state index in [0.29, 0.717) is 6.04 Å². The van der Waals surface area contributed by atoms with Crippen molar-refractivity contribution in [1.29, 1.82) is 0 Å². The van der Waals surface area contributed by atoms with Crippen LogP contribution in [0.3, 0.4) is 0 Å². The summed E-state index contributed by atoms with van der Waals surface area (Å²) in [6, 6.07) is 6.64. The molecule has 1 unspecified atom stereocenters. The fourth-order valence-corrected chi connectivity index (χ4v) is 2.71. The molecule has 0 aliphatic carbocycles. The van der Waals surface area contributed by atoms with E-state index in [0.717, 1.165) is 35.2 Å². The van der Waals surface area contributed by atoms with Gasteiger partial charge in [-0.05, 0) is 38.1 Å². The van der Waals surface area contributed by atoms with E-state index in [4.69, 9.17) is 4.98 Å². The molecule has 0 fully saturated rings. The number of nitrogens with one attached hydrogen (secondary N) is 1. The molecule has 0 aliphatic rings. The van der Waals surface area contributed by atoms with E-state index in [1.54, 1.807) is 0 Å². The van der Waals surface area contributed by atoms with Gasteiger partial charge in [0.25, 0.3) is 0 Å². The van der Waals surface area contributed by atoms with Crippen LogP contribution in [0.4, 0.5) is 0 Å². The van der Waals surface area contributed by atoms with Gasteiger partial charge < -0.3 is 9.88 Å².